The number of rotatable bonds is 5. The molecule has 1 aromatic carbocycles. The molecule has 0 bridgehead atoms. The number of ketones is 1. The van der Waals surface area contributed by atoms with Crippen molar-refractivity contribution in [1.82, 2.24) is 0 Å². The SMILES string of the molecule is O=C(CCC1CCCO1)Cc1ccc2c(c1)CCC2. The van der Waals surface area contributed by atoms with Crippen LogP contribution in [0.15, 0.2) is 18.2 Å². The summed E-state index contributed by atoms with van der Waals surface area (Å²) in [5, 5.41) is 0. The van der Waals surface area contributed by atoms with Crippen LogP contribution in [-0.4, -0.2) is 18.5 Å². The van der Waals surface area contributed by atoms with Gasteiger partial charge in [-0.3, -0.25) is 4.79 Å². The van der Waals surface area contributed by atoms with Gasteiger partial charge in [-0.05, 0) is 55.2 Å². The maximum absolute atomic E-state index is 12.0. The molecular weight excluding hydrogens is 236 g/mol. The van der Waals surface area contributed by atoms with Gasteiger partial charge in [-0.15, -0.1) is 0 Å². The van der Waals surface area contributed by atoms with Gasteiger partial charge in [-0.2, -0.15) is 0 Å². The predicted octanol–water partition coefficient (Wildman–Crippen LogP) is 3.25. The van der Waals surface area contributed by atoms with Crippen molar-refractivity contribution in [3.63, 3.8) is 0 Å². The fourth-order valence-electron chi connectivity index (χ4n) is 3.25. The molecule has 1 aliphatic heterocycles. The Morgan fingerprint density at radius 3 is 2.95 bits per heavy atom. The molecule has 19 heavy (non-hydrogen) atoms. The van der Waals surface area contributed by atoms with Crippen molar-refractivity contribution in [1.29, 1.82) is 0 Å². The summed E-state index contributed by atoms with van der Waals surface area (Å²) in [4.78, 5) is 12.0. The summed E-state index contributed by atoms with van der Waals surface area (Å²) >= 11 is 0. The van der Waals surface area contributed by atoms with Gasteiger partial charge in [0.15, 0.2) is 0 Å². The highest BCUT2D eigenvalue weighted by molar-refractivity contribution is 5.80. The average Bonchev–Trinajstić information content (AvgIpc) is 3.07. The molecule has 2 aliphatic rings. The predicted molar refractivity (Wildman–Crippen MR) is 75.4 cm³/mol. The Labute approximate surface area is 115 Å². The maximum Gasteiger partial charge on any atom is 0.137 e. The number of carbonyl (C=O) groups is 1. The number of benzene rings is 1. The molecule has 3 rings (SSSR count). The smallest absolute Gasteiger partial charge is 0.137 e. The molecular formula is C17H22O2. The van der Waals surface area contributed by atoms with Crippen LogP contribution >= 0.6 is 0 Å². The summed E-state index contributed by atoms with van der Waals surface area (Å²) in [7, 11) is 0. The number of hydrogen-bond acceptors (Lipinski definition) is 2. The average molecular weight is 258 g/mol. The molecule has 1 atom stereocenters. The van der Waals surface area contributed by atoms with Gasteiger partial charge in [0.05, 0.1) is 6.10 Å². The number of Topliss-reactive ketones (excluding diaryl/α,β-unsaturated/α-hetero) is 1. The lowest BCUT2D eigenvalue weighted by Gasteiger charge is -2.08. The Hall–Kier alpha value is -1.15. The van der Waals surface area contributed by atoms with Crippen LogP contribution in [-0.2, 0) is 28.8 Å². The quantitative estimate of drug-likeness (QED) is 0.810. The van der Waals surface area contributed by atoms with E-state index in [1.165, 1.54) is 36.0 Å². The van der Waals surface area contributed by atoms with E-state index in [0.29, 0.717) is 24.7 Å². The number of aryl methyl sites for hydroxylation is 2. The van der Waals surface area contributed by atoms with E-state index >= 15 is 0 Å². The van der Waals surface area contributed by atoms with Crippen LogP contribution < -0.4 is 0 Å². The van der Waals surface area contributed by atoms with Gasteiger partial charge in [0, 0.05) is 19.4 Å². The minimum atomic E-state index is 0.337. The molecule has 1 saturated heterocycles. The van der Waals surface area contributed by atoms with E-state index in [1.54, 1.807) is 0 Å². The van der Waals surface area contributed by atoms with Gasteiger partial charge >= 0.3 is 0 Å². The first-order valence-electron chi connectivity index (χ1n) is 7.55. The molecule has 0 radical (unpaired) electrons. The molecule has 2 heteroatoms. The van der Waals surface area contributed by atoms with Crippen LogP contribution in [0.5, 0.6) is 0 Å². The van der Waals surface area contributed by atoms with Crippen LogP contribution in [0.2, 0.25) is 0 Å². The zero-order chi connectivity index (χ0) is 13.1. The minimum absolute atomic E-state index is 0.337. The Bertz CT molecular complexity index is 458. The van der Waals surface area contributed by atoms with E-state index in [4.69, 9.17) is 4.74 Å². The molecule has 1 aromatic rings. The van der Waals surface area contributed by atoms with E-state index < -0.39 is 0 Å². The van der Waals surface area contributed by atoms with Gasteiger partial charge < -0.3 is 4.74 Å². The second-order valence-electron chi connectivity index (χ2n) is 5.85. The summed E-state index contributed by atoms with van der Waals surface area (Å²) in [5.41, 5.74) is 4.14. The van der Waals surface area contributed by atoms with Crippen molar-refractivity contribution < 1.29 is 9.53 Å². The van der Waals surface area contributed by atoms with Crippen molar-refractivity contribution in [2.45, 2.75) is 57.5 Å². The van der Waals surface area contributed by atoms with Crippen molar-refractivity contribution in [2.24, 2.45) is 0 Å². The summed E-state index contributed by atoms with van der Waals surface area (Å²) in [6, 6.07) is 6.59. The molecule has 102 valence electrons. The van der Waals surface area contributed by atoms with Crippen LogP contribution in [0.3, 0.4) is 0 Å². The standard InChI is InChI=1S/C17H22O2/c18-16(8-9-17-5-2-10-19-17)12-13-6-7-14-3-1-4-15(14)11-13/h6-7,11,17H,1-5,8-10,12H2. The summed E-state index contributed by atoms with van der Waals surface area (Å²) in [5.74, 6) is 0.355. The van der Waals surface area contributed by atoms with E-state index in [0.717, 1.165) is 25.9 Å². The minimum Gasteiger partial charge on any atom is -0.378 e. The van der Waals surface area contributed by atoms with Crippen molar-refractivity contribution in [3.05, 3.63) is 34.9 Å². The number of fused-ring (bicyclic) bond motifs is 1. The highest BCUT2D eigenvalue weighted by Gasteiger charge is 2.17. The van der Waals surface area contributed by atoms with E-state index in [1.807, 2.05) is 0 Å². The summed E-state index contributed by atoms with van der Waals surface area (Å²) in [6.45, 7) is 0.879. The zero-order valence-corrected chi connectivity index (χ0v) is 11.5. The van der Waals surface area contributed by atoms with Gasteiger partial charge in [0.25, 0.3) is 0 Å². The highest BCUT2D eigenvalue weighted by atomic mass is 16.5. The molecule has 2 nitrogen and oxygen atoms in total. The number of ether oxygens (including phenoxy) is 1. The van der Waals surface area contributed by atoms with E-state index in [-0.39, 0.29) is 0 Å². The fraction of sp³-hybridized carbons (Fsp3) is 0.588. The van der Waals surface area contributed by atoms with Crippen molar-refractivity contribution in [2.75, 3.05) is 6.61 Å². The molecule has 1 fully saturated rings. The summed E-state index contributed by atoms with van der Waals surface area (Å²) in [6.07, 6.45) is 8.46. The molecule has 0 saturated carbocycles. The second kappa shape index (κ2) is 5.87. The number of carbonyl (C=O) groups excluding carboxylic acids is 1. The fourth-order valence-corrected chi connectivity index (χ4v) is 3.25. The van der Waals surface area contributed by atoms with Crippen LogP contribution in [0.1, 0.15) is 48.8 Å². The lowest BCUT2D eigenvalue weighted by molar-refractivity contribution is -0.119. The van der Waals surface area contributed by atoms with Crippen LogP contribution in [0.25, 0.3) is 0 Å². The van der Waals surface area contributed by atoms with Crippen LogP contribution in [0, 0.1) is 0 Å². The molecule has 1 heterocycles. The van der Waals surface area contributed by atoms with Crippen molar-refractivity contribution in [3.8, 4) is 0 Å². The van der Waals surface area contributed by atoms with Gasteiger partial charge in [-0.25, -0.2) is 0 Å². The van der Waals surface area contributed by atoms with Crippen molar-refractivity contribution >= 4 is 5.78 Å². The molecule has 0 amide bonds. The first kappa shape index (κ1) is 12.9. The Morgan fingerprint density at radius 2 is 2.11 bits per heavy atom. The number of hydrogen-bond donors (Lipinski definition) is 0. The van der Waals surface area contributed by atoms with E-state index in [9.17, 15) is 4.79 Å². The summed E-state index contributed by atoms with van der Waals surface area (Å²) < 4.78 is 5.56. The molecule has 0 aromatic heterocycles. The lowest BCUT2D eigenvalue weighted by Crippen LogP contribution is -2.10. The zero-order valence-electron chi connectivity index (χ0n) is 11.5. The third-order valence-corrected chi connectivity index (χ3v) is 4.33. The first-order chi connectivity index (χ1) is 9.31. The second-order valence-corrected chi connectivity index (χ2v) is 5.85. The normalized spacial score (nSPS) is 21.6. The maximum atomic E-state index is 12.0. The van der Waals surface area contributed by atoms with Gasteiger partial charge in [0.1, 0.15) is 5.78 Å². The van der Waals surface area contributed by atoms with E-state index in [2.05, 4.69) is 18.2 Å². The Kier molecular flexibility index (Phi) is 3.97. The molecule has 0 spiro atoms. The lowest BCUT2D eigenvalue weighted by atomic mass is 10.00. The largest absolute Gasteiger partial charge is 0.378 e. The van der Waals surface area contributed by atoms with Gasteiger partial charge in [0.2, 0.25) is 0 Å². The Balaban J connectivity index is 1.51. The monoisotopic (exact) mass is 258 g/mol. The topological polar surface area (TPSA) is 26.3 Å². The molecule has 1 unspecified atom stereocenters. The Morgan fingerprint density at radius 1 is 1.21 bits per heavy atom. The van der Waals surface area contributed by atoms with Crippen LogP contribution in [0.4, 0.5) is 0 Å². The third kappa shape index (κ3) is 3.24. The van der Waals surface area contributed by atoms with Gasteiger partial charge in [-0.1, -0.05) is 18.2 Å². The first-order valence-corrected chi connectivity index (χ1v) is 7.55. The molecule has 0 N–H and O–H groups in total. The highest BCUT2D eigenvalue weighted by Crippen LogP contribution is 2.23. The molecule has 1 aliphatic carbocycles. The third-order valence-electron chi connectivity index (χ3n) is 4.33.